The van der Waals surface area contributed by atoms with E-state index in [4.69, 9.17) is 4.98 Å². The van der Waals surface area contributed by atoms with Crippen molar-refractivity contribution in [2.45, 2.75) is 0 Å². The smallest absolute Gasteiger partial charge is 0.268 e. The number of hydrogen-bond acceptors (Lipinski definition) is 3. The van der Waals surface area contributed by atoms with Crippen LogP contribution in [0.3, 0.4) is 0 Å². The van der Waals surface area contributed by atoms with E-state index in [9.17, 15) is 4.79 Å². The standard InChI is InChI=1S/C23H14Br2N4O/c24-15-10-12-17(13-11-15)29-22(18-8-4-5-9-20(18)25)26-21-19(23(29)30)14-28(27-21)16-6-2-1-3-7-16/h1-14H. The molecule has 0 aliphatic carbocycles. The van der Waals surface area contributed by atoms with Crippen molar-refractivity contribution >= 4 is 42.9 Å². The second-order valence-electron chi connectivity index (χ2n) is 6.68. The van der Waals surface area contributed by atoms with Gasteiger partial charge in [0, 0.05) is 20.7 Å². The average molecular weight is 522 g/mol. The number of rotatable bonds is 3. The Morgan fingerprint density at radius 1 is 0.767 bits per heavy atom. The Kier molecular flexibility index (Phi) is 4.84. The Bertz CT molecular complexity index is 1420. The third kappa shape index (κ3) is 3.30. The van der Waals surface area contributed by atoms with Gasteiger partial charge >= 0.3 is 0 Å². The topological polar surface area (TPSA) is 52.7 Å². The maximum absolute atomic E-state index is 13.6. The van der Waals surface area contributed by atoms with Gasteiger partial charge in [-0.3, -0.25) is 9.36 Å². The quantitative estimate of drug-likeness (QED) is 0.303. The van der Waals surface area contributed by atoms with E-state index in [1.807, 2.05) is 78.9 Å². The van der Waals surface area contributed by atoms with Crippen LogP contribution in [0.2, 0.25) is 0 Å². The lowest BCUT2D eigenvalue weighted by Gasteiger charge is -2.13. The van der Waals surface area contributed by atoms with Crippen LogP contribution in [0.5, 0.6) is 0 Å². The van der Waals surface area contributed by atoms with Crippen LogP contribution in [0, 0.1) is 0 Å². The van der Waals surface area contributed by atoms with Crippen LogP contribution in [-0.4, -0.2) is 19.3 Å². The molecule has 0 amide bonds. The van der Waals surface area contributed by atoms with Gasteiger partial charge in [0.2, 0.25) is 0 Å². The highest BCUT2D eigenvalue weighted by Crippen LogP contribution is 2.29. The van der Waals surface area contributed by atoms with Gasteiger partial charge in [0.05, 0.1) is 11.4 Å². The summed E-state index contributed by atoms with van der Waals surface area (Å²) in [5.41, 5.74) is 2.65. The van der Waals surface area contributed by atoms with Gasteiger partial charge in [0.15, 0.2) is 11.5 Å². The van der Waals surface area contributed by atoms with Crippen LogP contribution >= 0.6 is 31.9 Å². The first-order valence-electron chi connectivity index (χ1n) is 9.20. The van der Waals surface area contributed by atoms with Crippen molar-refractivity contribution in [3.63, 3.8) is 0 Å². The van der Waals surface area contributed by atoms with Crippen LogP contribution in [0.1, 0.15) is 0 Å². The lowest BCUT2D eigenvalue weighted by atomic mass is 10.2. The predicted molar refractivity (Wildman–Crippen MR) is 125 cm³/mol. The molecule has 0 atom stereocenters. The Labute approximate surface area is 188 Å². The van der Waals surface area contributed by atoms with Gasteiger partial charge in [0.1, 0.15) is 5.39 Å². The monoisotopic (exact) mass is 520 g/mol. The van der Waals surface area contributed by atoms with E-state index in [1.54, 1.807) is 15.4 Å². The molecule has 2 heterocycles. The lowest BCUT2D eigenvalue weighted by Crippen LogP contribution is -2.21. The number of benzene rings is 3. The molecule has 5 aromatic rings. The van der Waals surface area contributed by atoms with Crippen molar-refractivity contribution in [2.75, 3.05) is 0 Å². The number of hydrogen-bond donors (Lipinski definition) is 0. The third-order valence-electron chi connectivity index (χ3n) is 4.77. The van der Waals surface area contributed by atoms with E-state index >= 15 is 0 Å². The Hall–Kier alpha value is -3.03. The third-order valence-corrected chi connectivity index (χ3v) is 5.99. The molecule has 0 spiro atoms. The molecule has 146 valence electrons. The van der Waals surface area contributed by atoms with Crippen molar-refractivity contribution in [1.82, 2.24) is 19.3 Å². The van der Waals surface area contributed by atoms with Crippen LogP contribution in [0.4, 0.5) is 0 Å². The maximum Gasteiger partial charge on any atom is 0.269 e. The first-order valence-corrected chi connectivity index (χ1v) is 10.8. The van der Waals surface area contributed by atoms with E-state index in [0.717, 1.165) is 25.9 Å². The second kappa shape index (κ2) is 7.66. The fourth-order valence-corrected chi connectivity index (χ4v) is 4.06. The minimum absolute atomic E-state index is 0.171. The Balaban J connectivity index is 1.84. The van der Waals surface area contributed by atoms with Gasteiger partial charge in [-0.1, -0.05) is 68.3 Å². The highest BCUT2D eigenvalue weighted by molar-refractivity contribution is 9.10. The summed E-state index contributed by atoms with van der Waals surface area (Å²) in [6.07, 6.45) is 1.74. The minimum atomic E-state index is -0.171. The zero-order valence-electron chi connectivity index (χ0n) is 15.5. The lowest BCUT2D eigenvalue weighted by molar-refractivity contribution is 0.888. The number of halogens is 2. The molecule has 0 saturated heterocycles. The van der Waals surface area contributed by atoms with E-state index < -0.39 is 0 Å². The number of fused-ring (bicyclic) bond motifs is 1. The van der Waals surface area contributed by atoms with Crippen molar-refractivity contribution in [1.29, 1.82) is 0 Å². The fourth-order valence-electron chi connectivity index (χ4n) is 3.33. The first-order chi connectivity index (χ1) is 14.6. The summed E-state index contributed by atoms with van der Waals surface area (Å²) in [4.78, 5) is 18.4. The molecule has 0 aliphatic rings. The fraction of sp³-hybridized carbons (Fsp3) is 0. The summed E-state index contributed by atoms with van der Waals surface area (Å²) >= 11 is 7.05. The molecule has 30 heavy (non-hydrogen) atoms. The highest BCUT2D eigenvalue weighted by Gasteiger charge is 2.18. The largest absolute Gasteiger partial charge is 0.269 e. The van der Waals surface area contributed by atoms with Crippen molar-refractivity contribution < 1.29 is 0 Å². The zero-order chi connectivity index (χ0) is 20.7. The van der Waals surface area contributed by atoms with Crippen LogP contribution < -0.4 is 5.56 Å². The molecule has 2 aromatic heterocycles. The first kappa shape index (κ1) is 19.0. The molecule has 0 radical (unpaired) electrons. The normalized spacial score (nSPS) is 11.1. The number of nitrogens with zero attached hydrogens (tertiary/aromatic N) is 4. The number of para-hydroxylation sites is 1. The van der Waals surface area contributed by atoms with Gasteiger partial charge in [-0.05, 0) is 42.5 Å². The van der Waals surface area contributed by atoms with Crippen molar-refractivity contribution in [3.05, 3.63) is 104 Å². The molecule has 0 fully saturated rings. The molecule has 3 aromatic carbocycles. The van der Waals surface area contributed by atoms with Gasteiger partial charge in [-0.15, -0.1) is 5.10 Å². The summed E-state index contributed by atoms with van der Waals surface area (Å²) in [5.74, 6) is 0.528. The molecule has 0 aliphatic heterocycles. The van der Waals surface area contributed by atoms with E-state index in [-0.39, 0.29) is 5.56 Å². The van der Waals surface area contributed by atoms with Gasteiger partial charge in [0.25, 0.3) is 5.56 Å². The molecule has 0 unspecified atom stereocenters. The van der Waals surface area contributed by atoms with Gasteiger partial charge in [-0.25, -0.2) is 9.67 Å². The number of aromatic nitrogens is 4. The molecular formula is C23H14Br2N4O. The van der Waals surface area contributed by atoms with Crippen molar-refractivity contribution in [3.8, 4) is 22.8 Å². The minimum Gasteiger partial charge on any atom is -0.268 e. The predicted octanol–water partition coefficient (Wildman–Crippen LogP) is 5.76. The average Bonchev–Trinajstić information content (AvgIpc) is 3.20. The molecule has 5 rings (SSSR count). The van der Waals surface area contributed by atoms with Crippen molar-refractivity contribution in [2.24, 2.45) is 0 Å². The van der Waals surface area contributed by atoms with Gasteiger partial charge in [-0.2, -0.15) is 0 Å². The summed E-state index contributed by atoms with van der Waals surface area (Å²) in [5, 5.41) is 5.03. The van der Waals surface area contributed by atoms with Crippen LogP contribution in [-0.2, 0) is 0 Å². The molecule has 7 heteroatoms. The summed E-state index contributed by atoms with van der Waals surface area (Å²) in [7, 11) is 0. The summed E-state index contributed by atoms with van der Waals surface area (Å²) < 4.78 is 5.11. The maximum atomic E-state index is 13.6. The van der Waals surface area contributed by atoms with Crippen LogP contribution in [0.15, 0.2) is 98.8 Å². The molecular weight excluding hydrogens is 508 g/mol. The second-order valence-corrected chi connectivity index (χ2v) is 8.45. The molecule has 0 N–H and O–H groups in total. The molecule has 0 saturated carbocycles. The van der Waals surface area contributed by atoms with E-state index in [2.05, 4.69) is 37.0 Å². The molecule has 0 bridgehead atoms. The zero-order valence-corrected chi connectivity index (χ0v) is 18.7. The van der Waals surface area contributed by atoms with E-state index in [0.29, 0.717) is 16.9 Å². The Morgan fingerprint density at radius 2 is 1.47 bits per heavy atom. The Morgan fingerprint density at radius 3 is 2.20 bits per heavy atom. The SMILES string of the molecule is O=c1c2cn(-c3ccccc3)nc2nc(-c2ccccc2Br)n1-c1ccc(Br)cc1. The highest BCUT2D eigenvalue weighted by atomic mass is 79.9. The summed E-state index contributed by atoms with van der Waals surface area (Å²) in [6, 6.07) is 25.0. The summed E-state index contributed by atoms with van der Waals surface area (Å²) in [6.45, 7) is 0. The molecule has 5 nitrogen and oxygen atoms in total. The van der Waals surface area contributed by atoms with Gasteiger partial charge < -0.3 is 0 Å². The van der Waals surface area contributed by atoms with Crippen LogP contribution in [0.25, 0.3) is 33.8 Å². The van der Waals surface area contributed by atoms with E-state index in [1.165, 1.54) is 0 Å².